The molecule has 1 aromatic carbocycles. The van der Waals surface area contributed by atoms with E-state index in [0.717, 1.165) is 6.54 Å². The van der Waals surface area contributed by atoms with E-state index in [1.165, 1.54) is 6.07 Å². The maximum Gasteiger partial charge on any atom is 0.131 e. The van der Waals surface area contributed by atoms with Gasteiger partial charge < -0.3 is 10.1 Å². The summed E-state index contributed by atoms with van der Waals surface area (Å²) in [6.07, 6.45) is 0. The molecule has 0 radical (unpaired) electrons. The van der Waals surface area contributed by atoms with Crippen LogP contribution in [0.25, 0.3) is 0 Å². The molecule has 0 aliphatic carbocycles. The summed E-state index contributed by atoms with van der Waals surface area (Å²) in [7, 11) is 0. The quantitative estimate of drug-likeness (QED) is 0.808. The first-order chi connectivity index (χ1) is 7.19. The first-order valence-electron chi connectivity index (χ1n) is 5.34. The van der Waals surface area contributed by atoms with E-state index in [2.05, 4.69) is 5.32 Å². The van der Waals surface area contributed by atoms with Crippen LogP contribution in [-0.2, 0) is 0 Å². The minimum atomic E-state index is -0.214. The summed E-state index contributed by atoms with van der Waals surface area (Å²) in [6, 6.07) is 5.04. The number of hydrogen-bond acceptors (Lipinski definition) is 2. The Bertz CT molecular complexity index is 314. The van der Waals surface area contributed by atoms with Gasteiger partial charge in [0, 0.05) is 17.7 Å². The summed E-state index contributed by atoms with van der Waals surface area (Å²) < 4.78 is 18.8. The summed E-state index contributed by atoms with van der Waals surface area (Å²) in [5.41, 5.74) is 0.681. The molecular formula is C12H18FNO. The molecule has 0 bridgehead atoms. The van der Waals surface area contributed by atoms with Crippen molar-refractivity contribution >= 4 is 0 Å². The van der Waals surface area contributed by atoms with Crippen molar-refractivity contribution in [1.29, 1.82) is 0 Å². The largest absolute Gasteiger partial charge is 0.494 e. The number of halogens is 1. The van der Waals surface area contributed by atoms with Gasteiger partial charge >= 0.3 is 0 Å². The predicted octanol–water partition coefficient (Wildman–Crippen LogP) is 2.89. The Labute approximate surface area is 90.4 Å². The Morgan fingerprint density at radius 1 is 1.40 bits per heavy atom. The molecule has 1 atom stereocenters. The van der Waals surface area contributed by atoms with Gasteiger partial charge in [0.15, 0.2) is 0 Å². The molecule has 1 rings (SSSR count). The van der Waals surface area contributed by atoms with Gasteiger partial charge in [-0.2, -0.15) is 0 Å². The average molecular weight is 211 g/mol. The van der Waals surface area contributed by atoms with Gasteiger partial charge in [-0.05, 0) is 26.5 Å². The van der Waals surface area contributed by atoms with Gasteiger partial charge in [0.05, 0.1) is 6.61 Å². The minimum Gasteiger partial charge on any atom is -0.494 e. The fraction of sp³-hybridized carbons (Fsp3) is 0.500. The number of nitrogens with one attached hydrogen (secondary N) is 1. The summed E-state index contributed by atoms with van der Waals surface area (Å²) >= 11 is 0. The van der Waals surface area contributed by atoms with E-state index < -0.39 is 0 Å². The maximum absolute atomic E-state index is 13.6. The zero-order chi connectivity index (χ0) is 11.3. The monoisotopic (exact) mass is 211 g/mol. The predicted molar refractivity (Wildman–Crippen MR) is 59.7 cm³/mol. The van der Waals surface area contributed by atoms with Crippen LogP contribution in [0.5, 0.6) is 5.75 Å². The second-order valence-corrected chi connectivity index (χ2v) is 3.40. The van der Waals surface area contributed by atoms with Gasteiger partial charge in [-0.1, -0.05) is 13.0 Å². The van der Waals surface area contributed by atoms with Crippen molar-refractivity contribution in [2.45, 2.75) is 26.8 Å². The van der Waals surface area contributed by atoms with Crippen molar-refractivity contribution in [1.82, 2.24) is 5.32 Å². The van der Waals surface area contributed by atoms with Crippen molar-refractivity contribution in [2.24, 2.45) is 0 Å². The van der Waals surface area contributed by atoms with E-state index >= 15 is 0 Å². The van der Waals surface area contributed by atoms with Crippen LogP contribution >= 0.6 is 0 Å². The number of rotatable bonds is 5. The SMILES string of the molecule is CCNC(C)c1ccc(OCC)cc1F. The van der Waals surface area contributed by atoms with Crippen LogP contribution in [0.2, 0.25) is 0 Å². The molecule has 84 valence electrons. The highest BCUT2D eigenvalue weighted by atomic mass is 19.1. The second-order valence-electron chi connectivity index (χ2n) is 3.40. The molecule has 0 spiro atoms. The molecule has 1 aromatic rings. The van der Waals surface area contributed by atoms with Crippen LogP contribution in [0.15, 0.2) is 18.2 Å². The van der Waals surface area contributed by atoms with Crippen molar-refractivity contribution in [3.63, 3.8) is 0 Å². The summed E-state index contributed by atoms with van der Waals surface area (Å²) in [4.78, 5) is 0. The molecule has 1 N–H and O–H groups in total. The summed E-state index contributed by atoms with van der Waals surface area (Å²) in [5.74, 6) is 0.372. The van der Waals surface area contributed by atoms with Gasteiger partial charge in [0.1, 0.15) is 11.6 Å². The normalized spacial score (nSPS) is 12.5. The maximum atomic E-state index is 13.6. The van der Waals surface area contributed by atoms with Crippen LogP contribution in [0.4, 0.5) is 4.39 Å². The topological polar surface area (TPSA) is 21.3 Å². The zero-order valence-corrected chi connectivity index (χ0v) is 9.51. The molecule has 1 unspecified atom stereocenters. The first kappa shape index (κ1) is 12.0. The van der Waals surface area contributed by atoms with E-state index in [-0.39, 0.29) is 11.9 Å². The molecule has 0 aromatic heterocycles. The Balaban J connectivity index is 2.82. The lowest BCUT2D eigenvalue weighted by atomic mass is 10.1. The molecular weight excluding hydrogens is 193 g/mol. The van der Waals surface area contributed by atoms with Gasteiger partial charge in [-0.25, -0.2) is 4.39 Å². The molecule has 0 heterocycles. The molecule has 3 heteroatoms. The standard InChI is InChI=1S/C12H18FNO/c1-4-14-9(3)11-7-6-10(15-5-2)8-12(11)13/h6-9,14H,4-5H2,1-3H3. The molecule has 0 saturated heterocycles. The van der Waals surface area contributed by atoms with Crippen LogP contribution < -0.4 is 10.1 Å². The average Bonchev–Trinajstić information content (AvgIpc) is 2.18. The lowest BCUT2D eigenvalue weighted by Crippen LogP contribution is -2.18. The van der Waals surface area contributed by atoms with E-state index in [4.69, 9.17) is 4.74 Å². The fourth-order valence-electron chi connectivity index (χ4n) is 1.53. The Morgan fingerprint density at radius 2 is 2.13 bits per heavy atom. The number of benzene rings is 1. The first-order valence-corrected chi connectivity index (χ1v) is 5.34. The highest BCUT2D eigenvalue weighted by molar-refractivity contribution is 5.30. The van der Waals surface area contributed by atoms with Crippen LogP contribution in [0.3, 0.4) is 0 Å². The van der Waals surface area contributed by atoms with E-state index in [0.29, 0.717) is 17.9 Å². The summed E-state index contributed by atoms with van der Waals surface area (Å²) in [6.45, 7) is 7.22. The molecule has 0 saturated carbocycles. The van der Waals surface area contributed by atoms with Crippen molar-refractivity contribution < 1.29 is 9.13 Å². The third-order valence-corrected chi connectivity index (χ3v) is 2.26. The fourth-order valence-corrected chi connectivity index (χ4v) is 1.53. The van der Waals surface area contributed by atoms with Gasteiger partial charge in [-0.3, -0.25) is 0 Å². The smallest absolute Gasteiger partial charge is 0.131 e. The molecule has 0 aliphatic heterocycles. The van der Waals surface area contributed by atoms with Crippen LogP contribution in [0, 0.1) is 5.82 Å². The lowest BCUT2D eigenvalue weighted by Gasteiger charge is -2.14. The Kier molecular flexibility index (Phi) is 4.56. The van der Waals surface area contributed by atoms with E-state index in [1.54, 1.807) is 12.1 Å². The van der Waals surface area contributed by atoms with E-state index in [1.807, 2.05) is 20.8 Å². The van der Waals surface area contributed by atoms with Gasteiger partial charge in [0.2, 0.25) is 0 Å². The van der Waals surface area contributed by atoms with Crippen LogP contribution in [0.1, 0.15) is 32.4 Å². The van der Waals surface area contributed by atoms with Gasteiger partial charge in [-0.15, -0.1) is 0 Å². The molecule has 0 aliphatic rings. The van der Waals surface area contributed by atoms with Crippen LogP contribution in [-0.4, -0.2) is 13.2 Å². The third-order valence-electron chi connectivity index (χ3n) is 2.26. The highest BCUT2D eigenvalue weighted by Crippen LogP contribution is 2.21. The molecule has 2 nitrogen and oxygen atoms in total. The lowest BCUT2D eigenvalue weighted by molar-refractivity contribution is 0.337. The minimum absolute atomic E-state index is 0.0330. The Hall–Kier alpha value is -1.09. The highest BCUT2D eigenvalue weighted by Gasteiger charge is 2.10. The molecule has 0 amide bonds. The van der Waals surface area contributed by atoms with Crippen molar-refractivity contribution in [3.05, 3.63) is 29.6 Å². The molecule has 0 fully saturated rings. The number of hydrogen-bond donors (Lipinski definition) is 1. The molecule has 15 heavy (non-hydrogen) atoms. The number of ether oxygens (including phenoxy) is 1. The zero-order valence-electron chi connectivity index (χ0n) is 9.51. The van der Waals surface area contributed by atoms with Gasteiger partial charge in [0.25, 0.3) is 0 Å². The van der Waals surface area contributed by atoms with Crippen molar-refractivity contribution in [3.8, 4) is 5.75 Å². The Morgan fingerprint density at radius 3 is 2.67 bits per heavy atom. The third kappa shape index (κ3) is 3.20. The van der Waals surface area contributed by atoms with E-state index in [9.17, 15) is 4.39 Å². The summed E-state index contributed by atoms with van der Waals surface area (Å²) in [5, 5.41) is 3.17. The van der Waals surface area contributed by atoms with Crippen molar-refractivity contribution in [2.75, 3.05) is 13.2 Å². The second kappa shape index (κ2) is 5.71.